The van der Waals surface area contributed by atoms with Crippen LogP contribution in [0.15, 0.2) is 97.1 Å². The fraction of sp³-hybridized carbons (Fsp3) is 0.133. The third kappa shape index (κ3) is 6.22. The number of fused-ring (bicyclic) bond motifs is 1. The second-order valence-corrected chi connectivity index (χ2v) is 8.70. The van der Waals surface area contributed by atoms with Crippen molar-refractivity contribution in [3.8, 4) is 11.5 Å². The van der Waals surface area contributed by atoms with Gasteiger partial charge < -0.3 is 25.6 Å². The van der Waals surface area contributed by atoms with Crippen LogP contribution in [-0.4, -0.2) is 24.2 Å². The number of para-hydroxylation sites is 2. The zero-order valence-corrected chi connectivity index (χ0v) is 21.0. The topological polar surface area (TPSA) is 123 Å². The van der Waals surface area contributed by atoms with Gasteiger partial charge in [0.1, 0.15) is 6.10 Å². The number of amides is 2. The lowest BCUT2D eigenvalue weighted by Crippen LogP contribution is -2.21. The van der Waals surface area contributed by atoms with Gasteiger partial charge in [0.2, 0.25) is 5.91 Å². The van der Waals surface area contributed by atoms with Crippen molar-refractivity contribution in [2.75, 3.05) is 23.5 Å². The monoisotopic (exact) mass is 511 g/mol. The third-order valence-corrected chi connectivity index (χ3v) is 6.04. The lowest BCUT2D eigenvalue weighted by Gasteiger charge is -2.23. The number of phenolic OH excluding ortho intramolecular Hbond substituents is 1. The highest BCUT2D eigenvalue weighted by atomic mass is 16.6. The van der Waals surface area contributed by atoms with Crippen LogP contribution in [0, 0.1) is 5.92 Å². The molecule has 5 N–H and O–H groups in total. The predicted octanol–water partition coefficient (Wildman–Crippen LogP) is 6.26. The maximum Gasteiger partial charge on any atom is 0.412 e. The maximum atomic E-state index is 13.0. The van der Waals surface area contributed by atoms with E-state index >= 15 is 0 Å². The molecular weight excluding hydrogens is 482 g/mol. The number of nitrogens with two attached hydrogens (primary N) is 1. The molecule has 38 heavy (non-hydrogen) atoms. The summed E-state index contributed by atoms with van der Waals surface area (Å²) in [5.74, 6) is -0.636. The van der Waals surface area contributed by atoms with Crippen molar-refractivity contribution in [3.05, 3.63) is 103 Å². The van der Waals surface area contributed by atoms with Gasteiger partial charge in [0, 0.05) is 11.3 Å². The first-order valence-electron chi connectivity index (χ1n) is 12.0. The van der Waals surface area contributed by atoms with Crippen LogP contribution in [0.4, 0.5) is 21.9 Å². The summed E-state index contributed by atoms with van der Waals surface area (Å²) in [4.78, 5) is 25.6. The molecule has 0 aliphatic heterocycles. The van der Waals surface area contributed by atoms with Crippen LogP contribution in [0.5, 0.6) is 11.5 Å². The number of anilines is 3. The Kier molecular flexibility index (Phi) is 8.13. The Bertz CT molecular complexity index is 1480. The van der Waals surface area contributed by atoms with Gasteiger partial charge in [-0.3, -0.25) is 10.1 Å². The van der Waals surface area contributed by atoms with E-state index in [1.165, 1.54) is 19.3 Å². The van der Waals surface area contributed by atoms with E-state index in [2.05, 4.69) is 10.6 Å². The van der Waals surface area contributed by atoms with E-state index in [1.807, 2.05) is 36.4 Å². The molecule has 0 fully saturated rings. The first-order chi connectivity index (χ1) is 18.4. The van der Waals surface area contributed by atoms with Gasteiger partial charge in [-0.15, -0.1) is 0 Å². The van der Waals surface area contributed by atoms with E-state index in [4.69, 9.17) is 15.2 Å². The number of carbonyl (C=O) groups is 2. The molecule has 2 amide bonds. The van der Waals surface area contributed by atoms with Crippen LogP contribution < -0.4 is 21.1 Å². The second-order valence-electron chi connectivity index (χ2n) is 8.70. The number of aromatic hydroxyl groups is 1. The number of hydrogen-bond donors (Lipinski definition) is 4. The number of methoxy groups -OCH3 is 1. The molecule has 0 saturated carbocycles. The number of phenols is 1. The Morgan fingerprint density at radius 2 is 1.63 bits per heavy atom. The summed E-state index contributed by atoms with van der Waals surface area (Å²) >= 11 is 0. The first kappa shape index (κ1) is 26.1. The predicted molar refractivity (Wildman–Crippen MR) is 149 cm³/mol. The Morgan fingerprint density at radius 3 is 2.39 bits per heavy atom. The highest BCUT2D eigenvalue weighted by Gasteiger charge is 2.24. The Balaban J connectivity index is 1.55. The van der Waals surface area contributed by atoms with Crippen molar-refractivity contribution in [2.24, 2.45) is 5.92 Å². The molecule has 4 rings (SSSR count). The maximum absolute atomic E-state index is 13.0. The van der Waals surface area contributed by atoms with E-state index in [1.54, 1.807) is 55.5 Å². The van der Waals surface area contributed by atoms with Crippen molar-refractivity contribution in [2.45, 2.75) is 13.0 Å². The Labute approximate surface area is 220 Å². The minimum Gasteiger partial charge on any atom is -0.504 e. The van der Waals surface area contributed by atoms with Crippen molar-refractivity contribution < 1.29 is 24.2 Å². The molecule has 0 aliphatic rings. The summed E-state index contributed by atoms with van der Waals surface area (Å²) in [6.45, 7) is 1.80. The summed E-state index contributed by atoms with van der Waals surface area (Å²) in [7, 11) is 1.45. The summed E-state index contributed by atoms with van der Waals surface area (Å²) in [6.07, 6.45) is 1.49. The van der Waals surface area contributed by atoms with Crippen LogP contribution in [0.1, 0.15) is 18.6 Å². The molecule has 0 bridgehead atoms. The summed E-state index contributed by atoms with van der Waals surface area (Å²) in [5, 5.41) is 17.7. The van der Waals surface area contributed by atoms with E-state index in [0.717, 1.165) is 10.8 Å². The minimum atomic E-state index is -0.826. The van der Waals surface area contributed by atoms with Crippen molar-refractivity contribution in [1.29, 1.82) is 0 Å². The molecule has 8 nitrogen and oxygen atoms in total. The fourth-order valence-corrected chi connectivity index (χ4v) is 4.08. The SMILES string of the molecule is COc1ccc([C@H](OC(=O)Nc2cccc3ccccc23)[C@H](C)/C=C/C(=O)Nc2ccccc2N)cc1O. The molecule has 0 radical (unpaired) electrons. The number of carbonyl (C=O) groups excluding carboxylic acids is 2. The van der Waals surface area contributed by atoms with Crippen molar-refractivity contribution in [1.82, 2.24) is 0 Å². The van der Waals surface area contributed by atoms with Gasteiger partial charge in [0.05, 0.1) is 24.2 Å². The van der Waals surface area contributed by atoms with Gasteiger partial charge in [-0.2, -0.15) is 0 Å². The molecule has 2 atom stereocenters. The lowest BCUT2D eigenvalue weighted by molar-refractivity contribution is -0.111. The zero-order chi connectivity index (χ0) is 27.1. The largest absolute Gasteiger partial charge is 0.504 e. The first-order valence-corrected chi connectivity index (χ1v) is 12.0. The number of benzene rings is 4. The average molecular weight is 512 g/mol. The molecule has 0 heterocycles. The molecule has 0 saturated heterocycles. The number of hydrogen-bond acceptors (Lipinski definition) is 6. The van der Waals surface area contributed by atoms with Gasteiger partial charge in [0.25, 0.3) is 0 Å². The molecule has 0 unspecified atom stereocenters. The molecule has 0 aromatic heterocycles. The normalized spacial score (nSPS) is 12.6. The zero-order valence-electron chi connectivity index (χ0n) is 21.0. The highest BCUT2D eigenvalue weighted by molar-refractivity contribution is 6.01. The van der Waals surface area contributed by atoms with Gasteiger partial charge in [-0.05, 0) is 47.4 Å². The fourth-order valence-electron chi connectivity index (χ4n) is 4.08. The van der Waals surface area contributed by atoms with Crippen molar-refractivity contribution >= 4 is 39.8 Å². The van der Waals surface area contributed by atoms with Crippen LogP contribution in [0.3, 0.4) is 0 Å². The lowest BCUT2D eigenvalue weighted by atomic mass is 9.96. The number of nitrogen functional groups attached to an aromatic ring is 1. The number of nitrogens with one attached hydrogen (secondary N) is 2. The third-order valence-electron chi connectivity index (χ3n) is 6.04. The van der Waals surface area contributed by atoms with E-state index in [9.17, 15) is 14.7 Å². The molecule has 8 heteroatoms. The van der Waals surface area contributed by atoms with E-state index in [-0.39, 0.29) is 17.4 Å². The number of rotatable bonds is 8. The summed E-state index contributed by atoms with van der Waals surface area (Å²) in [5.41, 5.74) is 7.98. The van der Waals surface area contributed by atoms with Gasteiger partial charge in [0.15, 0.2) is 11.5 Å². The van der Waals surface area contributed by atoms with E-state index < -0.39 is 18.1 Å². The molecule has 0 aliphatic carbocycles. The molecule has 4 aromatic carbocycles. The van der Waals surface area contributed by atoms with Gasteiger partial charge in [-0.1, -0.05) is 67.6 Å². The van der Waals surface area contributed by atoms with E-state index in [0.29, 0.717) is 22.6 Å². The van der Waals surface area contributed by atoms with Crippen LogP contribution in [-0.2, 0) is 9.53 Å². The molecular formula is C30H29N3O5. The van der Waals surface area contributed by atoms with Crippen LogP contribution >= 0.6 is 0 Å². The number of ether oxygens (including phenoxy) is 2. The van der Waals surface area contributed by atoms with Gasteiger partial charge in [-0.25, -0.2) is 4.79 Å². The quantitative estimate of drug-likeness (QED) is 0.164. The minimum absolute atomic E-state index is 0.0958. The Morgan fingerprint density at radius 1 is 0.921 bits per heavy atom. The molecule has 4 aromatic rings. The average Bonchev–Trinajstić information content (AvgIpc) is 2.92. The van der Waals surface area contributed by atoms with Crippen LogP contribution in [0.2, 0.25) is 0 Å². The van der Waals surface area contributed by atoms with Crippen LogP contribution in [0.25, 0.3) is 10.8 Å². The smallest absolute Gasteiger partial charge is 0.412 e. The molecule has 194 valence electrons. The summed E-state index contributed by atoms with van der Waals surface area (Å²) < 4.78 is 11.0. The molecule has 0 spiro atoms. The second kappa shape index (κ2) is 11.8. The summed E-state index contributed by atoms with van der Waals surface area (Å²) in [6, 6.07) is 25.0. The highest BCUT2D eigenvalue weighted by Crippen LogP contribution is 2.34. The Hall–Kier alpha value is -4.98. The van der Waals surface area contributed by atoms with Crippen molar-refractivity contribution in [3.63, 3.8) is 0 Å². The van der Waals surface area contributed by atoms with Gasteiger partial charge >= 0.3 is 6.09 Å². The standard InChI is InChI=1S/C30H29N3O5/c1-19(14-17-28(35)32-25-12-6-5-11-23(25)31)29(21-15-16-27(37-2)26(34)18-21)38-30(36)33-24-13-7-9-20-8-3-4-10-22(20)24/h3-19,29,34H,31H2,1-2H3,(H,32,35)(H,33,36)/b17-14+/t19-,29-/m1/s1.